The van der Waals surface area contributed by atoms with E-state index < -0.39 is 5.97 Å². The maximum absolute atomic E-state index is 11.0. The van der Waals surface area contributed by atoms with Gasteiger partial charge in [-0.1, -0.05) is 0 Å². The number of guanidine groups is 1. The van der Waals surface area contributed by atoms with Crippen LogP contribution in [-0.2, 0) is 4.74 Å². The summed E-state index contributed by atoms with van der Waals surface area (Å²) in [4.78, 5) is 11.0. The van der Waals surface area contributed by atoms with Crippen molar-refractivity contribution in [3.8, 4) is 0 Å². The van der Waals surface area contributed by atoms with E-state index in [-0.39, 0.29) is 11.7 Å². The Labute approximate surface area is 85.4 Å². The van der Waals surface area contributed by atoms with E-state index in [1.807, 2.05) is 0 Å². The van der Waals surface area contributed by atoms with Crippen molar-refractivity contribution in [3.05, 3.63) is 23.7 Å². The number of hydrogen-bond donors (Lipinski definition) is 2. The van der Waals surface area contributed by atoms with Crippen molar-refractivity contribution >= 4 is 18.1 Å². The van der Waals surface area contributed by atoms with Gasteiger partial charge >= 0.3 is 5.97 Å². The number of methoxy groups -OCH3 is 1. The second kappa shape index (κ2) is 4.80. The molecule has 0 aromatic carbocycles. The van der Waals surface area contributed by atoms with Crippen LogP contribution in [-0.4, -0.2) is 25.3 Å². The lowest BCUT2D eigenvalue weighted by Gasteiger charge is -1.91. The predicted molar refractivity (Wildman–Crippen MR) is 53.5 cm³/mol. The molecule has 7 heteroatoms. The number of carbonyl (C=O) groups excluding carboxylic acids is 1. The molecule has 0 saturated heterocycles. The number of rotatable bonds is 3. The minimum absolute atomic E-state index is 0.0867. The molecule has 0 aliphatic rings. The highest BCUT2D eigenvalue weighted by molar-refractivity contribution is 5.88. The normalized spacial score (nSPS) is 10.2. The lowest BCUT2D eigenvalue weighted by Crippen LogP contribution is -2.21. The van der Waals surface area contributed by atoms with Crippen LogP contribution >= 0.6 is 0 Å². The monoisotopic (exact) mass is 210 g/mol. The first-order valence-corrected chi connectivity index (χ1v) is 3.93. The van der Waals surface area contributed by atoms with E-state index in [1.54, 1.807) is 0 Å². The summed E-state index contributed by atoms with van der Waals surface area (Å²) in [5.74, 6) is -0.286. The quantitative estimate of drug-likeness (QED) is 0.307. The number of hydrogen-bond acceptors (Lipinski definition) is 5. The molecule has 0 spiro atoms. The number of nitrogens with zero attached hydrogens (tertiary/aromatic N) is 2. The molecule has 4 N–H and O–H groups in total. The van der Waals surface area contributed by atoms with E-state index in [9.17, 15) is 4.79 Å². The molecule has 1 rings (SSSR count). The zero-order chi connectivity index (χ0) is 11.3. The Kier molecular flexibility index (Phi) is 3.44. The number of ether oxygens (including phenoxy) is 1. The molecule has 0 fully saturated rings. The molecular weight excluding hydrogens is 200 g/mol. The average molecular weight is 210 g/mol. The maximum atomic E-state index is 11.0. The van der Waals surface area contributed by atoms with Gasteiger partial charge in [0.1, 0.15) is 5.76 Å². The second-order valence-electron chi connectivity index (χ2n) is 2.46. The summed E-state index contributed by atoms with van der Waals surface area (Å²) in [6.07, 6.45) is 1.27. The van der Waals surface area contributed by atoms with Crippen LogP contribution in [0.5, 0.6) is 0 Å². The molecule has 1 aromatic heterocycles. The Morgan fingerprint density at radius 3 is 2.87 bits per heavy atom. The number of carbonyl (C=O) groups is 1. The van der Waals surface area contributed by atoms with Gasteiger partial charge in [0.05, 0.1) is 13.3 Å². The van der Waals surface area contributed by atoms with Gasteiger partial charge in [-0.3, -0.25) is 0 Å². The summed E-state index contributed by atoms with van der Waals surface area (Å²) < 4.78 is 9.49. The fourth-order valence-electron chi connectivity index (χ4n) is 0.785. The molecule has 0 amide bonds. The minimum Gasteiger partial charge on any atom is -0.463 e. The number of nitrogens with two attached hydrogens (primary N) is 2. The summed E-state index contributed by atoms with van der Waals surface area (Å²) >= 11 is 0. The van der Waals surface area contributed by atoms with Gasteiger partial charge in [0, 0.05) is 0 Å². The third-order valence-corrected chi connectivity index (χ3v) is 1.37. The third kappa shape index (κ3) is 3.14. The zero-order valence-electron chi connectivity index (χ0n) is 8.01. The van der Waals surface area contributed by atoms with Crippen molar-refractivity contribution in [1.29, 1.82) is 0 Å². The number of furan rings is 1. The summed E-state index contributed by atoms with van der Waals surface area (Å²) in [5.41, 5.74) is 10.1. The Bertz CT molecular complexity index is 404. The Hall–Kier alpha value is -2.31. The predicted octanol–water partition coefficient (Wildman–Crippen LogP) is -0.326. The molecule has 0 aliphatic heterocycles. The topological polar surface area (TPSA) is 116 Å². The Balaban J connectivity index is 2.73. The van der Waals surface area contributed by atoms with Crippen LogP contribution < -0.4 is 11.5 Å². The largest absolute Gasteiger partial charge is 0.463 e. The molecule has 1 heterocycles. The van der Waals surface area contributed by atoms with Crippen molar-refractivity contribution in [2.45, 2.75) is 0 Å². The lowest BCUT2D eigenvalue weighted by atomic mass is 10.4. The fourth-order valence-corrected chi connectivity index (χ4v) is 0.785. The van der Waals surface area contributed by atoms with Gasteiger partial charge in [0.15, 0.2) is 0 Å². The van der Waals surface area contributed by atoms with Gasteiger partial charge in [-0.25, -0.2) is 4.79 Å². The first kappa shape index (κ1) is 10.8. The van der Waals surface area contributed by atoms with Crippen molar-refractivity contribution in [2.24, 2.45) is 21.7 Å². The van der Waals surface area contributed by atoms with Crippen molar-refractivity contribution in [2.75, 3.05) is 7.11 Å². The van der Waals surface area contributed by atoms with Crippen molar-refractivity contribution < 1.29 is 13.9 Å². The Morgan fingerprint density at radius 1 is 1.53 bits per heavy atom. The molecule has 0 saturated carbocycles. The molecule has 15 heavy (non-hydrogen) atoms. The highest BCUT2D eigenvalue weighted by atomic mass is 16.5. The van der Waals surface area contributed by atoms with Crippen LogP contribution in [0.1, 0.15) is 16.3 Å². The van der Waals surface area contributed by atoms with E-state index >= 15 is 0 Å². The number of esters is 1. The molecule has 0 atom stereocenters. The average Bonchev–Trinajstić information content (AvgIpc) is 2.65. The van der Waals surface area contributed by atoms with E-state index in [0.29, 0.717) is 5.76 Å². The van der Waals surface area contributed by atoms with Crippen LogP contribution in [0.2, 0.25) is 0 Å². The molecular formula is C8H10N4O3. The van der Waals surface area contributed by atoms with Crippen LogP contribution in [0.25, 0.3) is 0 Å². The summed E-state index contributed by atoms with van der Waals surface area (Å²) in [6, 6.07) is 3.00. The molecule has 80 valence electrons. The molecule has 0 aliphatic carbocycles. The molecule has 1 aromatic rings. The fraction of sp³-hybridized carbons (Fsp3) is 0.125. The lowest BCUT2D eigenvalue weighted by molar-refractivity contribution is 0.0565. The van der Waals surface area contributed by atoms with Crippen LogP contribution in [0.3, 0.4) is 0 Å². The third-order valence-electron chi connectivity index (χ3n) is 1.37. The van der Waals surface area contributed by atoms with E-state index in [2.05, 4.69) is 14.9 Å². The summed E-state index contributed by atoms with van der Waals surface area (Å²) in [7, 11) is 1.26. The van der Waals surface area contributed by atoms with Crippen molar-refractivity contribution in [3.63, 3.8) is 0 Å². The molecule has 0 unspecified atom stereocenters. The zero-order valence-corrected chi connectivity index (χ0v) is 8.01. The summed E-state index contributed by atoms with van der Waals surface area (Å²) in [6.45, 7) is 0. The van der Waals surface area contributed by atoms with Crippen LogP contribution in [0.15, 0.2) is 26.8 Å². The highest BCUT2D eigenvalue weighted by Gasteiger charge is 2.09. The van der Waals surface area contributed by atoms with E-state index in [4.69, 9.17) is 15.9 Å². The van der Waals surface area contributed by atoms with Gasteiger partial charge < -0.3 is 20.6 Å². The second-order valence-corrected chi connectivity index (χ2v) is 2.46. The first-order chi connectivity index (χ1) is 7.13. The first-order valence-electron chi connectivity index (χ1n) is 3.93. The van der Waals surface area contributed by atoms with Gasteiger partial charge in [-0.05, 0) is 12.1 Å². The van der Waals surface area contributed by atoms with E-state index in [1.165, 1.54) is 25.5 Å². The molecule has 7 nitrogen and oxygen atoms in total. The highest BCUT2D eigenvalue weighted by Crippen LogP contribution is 2.06. The van der Waals surface area contributed by atoms with Gasteiger partial charge in [-0.15, -0.1) is 5.10 Å². The van der Waals surface area contributed by atoms with Gasteiger partial charge in [-0.2, -0.15) is 5.10 Å². The molecule has 0 radical (unpaired) electrons. The molecule has 0 bridgehead atoms. The van der Waals surface area contributed by atoms with Gasteiger partial charge in [0.25, 0.3) is 0 Å². The van der Waals surface area contributed by atoms with Gasteiger partial charge in [0.2, 0.25) is 11.7 Å². The summed E-state index contributed by atoms with van der Waals surface area (Å²) in [5, 5.41) is 6.87. The van der Waals surface area contributed by atoms with E-state index in [0.717, 1.165) is 0 Å². The smallest absolute Gasteiger partial charge is 0.373 e. The van der Waals surface area contributed by atoms with Crippen LogP contribution in [0, 0.1) is 0 Å². The minimum atomic E-state index is -0.559. The van der Waals surface area contributed by atoms with Crippen molar-refractivity contribution in [1.82, 2.24) is 0 Å². The maximum Gasteiger partial charge on any atom is 0.373 e. The standard InChI is InChI=1S/C8H10N4O3/c1-14-7(13)6-3-2-5(15-6)4-11-12-8(9)10/h2-4H,1H3,(H4,9,10,12). The Morgan fingerprint density at radius 2 is 2.27 bits per heavy atom. The SMILES string of the molecule is COC(=O)c1ccc(C=NN=C(N)N)o1. The van der Waals surface area contributed by atoms with Crippen LogP contribution in [0.4, 0.5) is 0 Å².